The number of hydrogen-bond donors (Lipinski definition) is 2. The number of hydrogen-bond acceptors (Lipinski definition) is 5. The Morgan fingerprint density at radius 3 is 2.48 bits per heavy atom. The van der Waals surface area contributed by atoms with Crippen LogP contribution < -0.4 is 4.72 Å². The van der Waals surface area contributed by atoms with Gasteiger partial charge in [-0.3, -0.25) is 4.79 Å². The van der Waals surface area contributed by atoms with E-state index in [2.05, 4.69) is 9.88 Å². The molecule has 7 nitrogen and oxygen atoms in total. The van der Waals surface area contributed by atoms with Gasteiger partial charge in [0.1, 0.15) is 17.2 Å². The molecule has 0 aliphatic carbocycles. The average Bonchev–Trinajstić information content (AvgIpc) is 3.01. The zero-order valence-electron chi connectivity index (χ0n) is 15.8. The predicted octanol–water partition coefficient (Wildman–Crippen LogP) is 2.87. The van der Waals surface area contributed by atoms with Crippen molar-refractivity contribution in [3.05, 3.63) is 53.4 Å². The van der Waals surface area contributed by atoms with Crippen LogP contribution in [0.5, 0.6) is 0 Å². The van der Waals surface area contributed by atoms with Gasteiger partial charge >= 0.3 is 5.97 Å². The quantitative estimate of drug-likeness (QED) is 0.677. The maximum Gasteiger partial charge on any atom is 0.303 e. The van der Waals surface area contributed by atoms with Gasteiger partial charge in [0.15, 0.2) is 0 Å². The summed E-state index contributed by atoms with van der Waals surface area (Å²) in [5.41, 5.74) is 0.996. The van der Waals surface area contributed by atoms with Gasteiger partial charge in [-0.05, 0) is 18.4 Å². The van der Waals surface area contributed by atoms with Crippen LogP contribution in [-0.4, -0.2) is 30.7 Å². The lowest BCUT2D eigenvalue weighted by atomic mass is 9.93. The van der Waals surface area contributed by atoms with E-state index in [1.165, 1.54) is 0 Å². The molecule has 2 N–H and O–H groups in total. The minimum Gasteiger partial charge on any atom is -0.481 e. The molecule has 0 spiro atoms. The van der Waals surface area contributed by atoms with E-state index in [4.69, 9.17) is 9.63 Å². The lowest BCUT2D eigenvalue weighted by Gasteiger charge is -2.18. The molecular formula is C19H26N2O5S. The number of carbonyl (C=O) groups is 1. The molecule has 0 bridgehead atoms. The molecule has 2 rings (SSSR count). The summed E-state index contributed by atoms with van der Waals surface area (Å²) < 4.78 is 33.0. The Labute approximate surface area is 159 Å². The van der Waals surface area contributed by atoms with Crippen LogP contribution in [0.2, 0.25) is 0 Å². The van der Waals surface area contributed by atoms with Gasteiger partial charge < -0.3 is 9.63 Å². The first-order valence-electron chi connectivity index (χ1n) is 8.77. The van der Waals surface area contributed by atoms with Crippen LogP contribution in [0.15, 0.2) is 40.9 Å². The van der Waals surface area contributed by atoms with Gasteiger partial charge in [-0.25, -0.2) is 13.1 Å². The monoisotopic (exact) mass is 394 g/mol. The van der Waals surface area contributed by atoms with Crippen molar-refractivity contribution in [1.29, 1.82) is 0 Å². The van der Waals surface area contributed by atoms with Gasteiger partial charge in [-0.1, -0.05) is 56.3 Å². The third-order valence-electron chi connectivity index (χ3n) is 4.01. The number of nitrogens with zero attached hydrogens (tertiary/aromatic N) is 1. The molecule has 0 saturated heterocycles. The number of carboxylic acid groups (broad SMARTS) is 1. The minimum absolute atomic E-state index is 0.113. The fourth-order valence-corrected chi connectivity index (χ4v) is 3.94. The van der Waals surface area contributed by atoms with Crippen molar-refractivity contribution in [2.75, 3.05) is 0 Å². The smallest absolute Gasteiger partial charge is 0.303 e. The molecule has 0 aliphatic heterocycles. The molecule has 27 heavy (non-hydrogen) atoms. The number of sulfonamides is 1. The van der Waals surface area contributed by atoms with E-state index in [0.717, 1.165) is 5.56 Å². The predicted molar refractivity (Wildman–Crippen MR) is 102 cm³/mol. The highest BCUT2D eigenvalue weighted by molar-refractivity contribution is 7.88. The Kier molecular flexibility index (Phi) is 6.78. The fraction of sp³-hybridized carbons (Fsp3) is 0.474. The number of benzene rings is 1. The number of nitrogens with one attached hydrogen (secondary N) is 1. The zero-order chi connectivity index (χ0) is 20.1. The van der Waals surface area contributed by atoms with E-state index in [0.29, 0.717) is 17.9 Å². The first-order valence-corrected chi connectivity index (χ1v) is 10.4. The fourth-order valence-electron chi connectivity index (χ4n) is 2.62. The van der Waals surface area contributed by atoms with Gasteiger partial charge in [-0.2, -0.15) is 0 Å². The first-order chi connectivity index (χ1) is 12.5. The van der Waals surface area contributed by atoms with Crippen LogP contribution in [0.25, 0.3) is 0 Å². The Balaban J connectivity index is 2.09. The van der Waals surface area contributed by atoms with Gasteiger partial charge in [-0.15, -0.1) is 0 Å². The Morgan fingerprint density at radius 2 is 1.93 bits per heavy atom. The van der Waals surface area contributed by atoms with Gasteiger partial charge in [0.2, 0.25) is 10.0 Å². The third kappa shape index (κ3) is 7.15. The normalized spacial score (nSPS) is 13.4. The second kappa shape index (κ2) is 8.67. The van der Waals surface area contributed by atoms with Crippen LogP contribution in [0.1, 0.15) is 50.6 Å². The molecule has 0 amide bonds. The molecular weight excluding hydrogens is 368 g/mol. The number of rotatable bonds is 9. The third-order valence-corrected chi connectivity index (χ3v) is 5.38. The van der Waals surface area contributed by atoms with Crippen LogP contribution >= 0.6 is 0 Å². The van der Waals surface area contributed by atoms with E-state index in [-0.39, 0.29) is 24.0 Å². The van der Waals surface area contributed by atoms with E-state index in [9.17, 15) is 13.2 Å². The van der Waals surface area contributed by atoms with Gasteiger partial charge in [0.25, 0.3) is 0 Å². The second-order valence-corrected chi connectivity index (χ2v) is 9.38. The maximum absolute atomic E-state index is 12.6. The summed E-state index contributed by atoms with van der Waals surface area (Å²) in [4.78, 5) is 10.9. The van der Waals surface area contributed by atoms with Gasteiger partial charge in [0.05, 0.1) is 0 Å². The lowest BCUT2D eigenvalue weighted by molar-refractivity contribution is -0.137. The van der Waals surface area contributed by atoms with Crippen LogP contribution in [0.3, 0.4) is 0 Å². The topological polar surface area (TPSA) is 110 Å². The van der Waals surface area contributed by atoms with Crippen LogP contribution in [0.4, 0.5) is 0 Å². The number of carboxylic acids is 1. The average molecular weight is 394 g/mol. The molecule has 1 aromatic carbocycles. The van der Waals surface area contributed by atoms with Crippen molar-refractivity contribution in [3.63, 3.8) is 0 Å². The maximum atomic E-state index is 12.6. The van der Waals surface area contributed by atoms with E-state index < -0.39 is 22.0 Å². The zero-order valence-corrected chi connectivity index (χ0v) is 16.6. The van der Waals surface area contributed by atoms with Crippen molar-refractivity contribution in [2.45, 2.75) is 57.2 Å². The minimum atomic E-state index is -3.70. The molecule has 0 radical (unpaired) electrons. The first kappa shape index (κ1) is 21.1. The summed E-state index contributed by atoms with van der Waals surface area (Å²) in [7, 11) is -3.70. The number of aromatic nitrogens is 1. The van der Waals surface area contributed by atoms with Crippen molar-refractivity contribution in [1.82, 2.24) is 9.88 Å². The standard InChI is InChI=1S/C19H26N2O5S/c1-19(2,3)17-12-16(20-26-17)13-27(24,25)21-15(9-10-18(22)23)11-14-7-5-4-6-8-14/h4-8,12,15,21H,9-11,13H2,1-3H3,(H,22,23). The molecule has 0 aliphatic rings. The van der Waals surface area contributed by atoms with Gasteiger partial charge in [0, 0.05) is 23.9 Å². The number of aliphatic carboxylic acids is 1. The summed E-state index contributed by atoms with van der Waals surface area (Å²) >= 11 is 0. The highest BCUT2D eigenvalue weighted by atomic mass is 32.2. The summed E-state index contributed by atoms with van der Waals surface area (Å²) in [5.74, 6) is -0.664. The second-order valence-electron chi connectivity index (χ2n) is 7.63. The molecule has 1 unspecified atom stereocenters. The van der Waals surface area contributed by atoms with Crippen molar-refractivity contribution in [3.8, 4) is 0 Å². The summed E-state index contributed by atoms with van der Waals surface area (Å²) in [6, 6.07) is 10.5. The van der Waals surface area contributed by atoms with Crippen molar-refractivity contribution >= 4 is 16.0 Å². The molecule has 0 saturated carbocycles. The Bertz CT molecular complexity index is 854. The van der Waals surface area contributed by atoms with E-state index in [1.54, 1.807) is 6.07 Å². The van der Waals surface area contributed by atoms with E-state index >= 15 is 0 Å². The van der Waals surface area contributed by atoms with E-state index in [1.807, 2.05) is 51.1 Å². The summed E-state index contributed by atoms with van der Waals surface area (Å²) in [5, 5.41) is 12.8. The highest BCUT2D eigenvalue weighted by Gasteiger charge is 2.24. The molecule has 1 heterocycles. The Morgan fingerprint density at radius 1 is 1.26 bits per heavy atom. The molecule has 0 fully saturated rings. The summed E-state index contributed by atoms with van der Waals surface area (Å²) in [6.45, 7) is 5.85. The molecule has 1 aromatic heterocycles. The Hall–Kier alpha value is -2.19. The molecule has 8 heteroatoms. The van der Waals surface area contributed by atoms with Crippen LogP contribution in [0, 0.1) is 0 Å². The molecule has 2 aromatic rings. The van der Waals surface area contributed by atoms with Crippen molar-refractivity contribution in [2.24, 2.45) is 0 Å². The largest absolute Gasteiger partial charge is 0.481 e. The highest BCUT2D eigenvalue weighted by Crippen LogP contribution is 2.23. The molecule has 148 valence electrons. The van der Waals surface area contributed by atoms with Crippen LogP contribution in [-0.2, 0) is 32.4 Å². The summed E-state index contributed by atoms with van der Waals surface area (Å²) in [6.07, 6.45) is 0.507. The molecule has 1 atom stereocenters. The lowest BCUT2D eigenvalue weighted by Crippen LogP contribution is -2.37. The van der Waals surface area contributed by atoms with Crippen molar-refractivity contribution < 1.29 is 22.8 Å². The SMILES string of the molecule is CC(C)(C)c1cc(CS(=O)(=O)NC(CCC(=O)O)Cc2ccccc2)no1.